The third-order valence-electron chi connectivity index (χ3n) is 2.89. The van der Waals surface area contributed by atoms with E-state index in [0.29, 0.717) is 5.56 Å². The average molecular weight is 287 g/mol. The third-order valence-corrected chi connectivity index (χ3v) is 3.84. The molecule has 0 saturated heterocycles. The fourth-order valence-corrected chi connectivity index (χ4v) is 2.04. The zero-order valence-corrected chi connectivity index (χ0v) is 12.1. The van der Waals surface area contributed by atoms with Crippen molar-refractivity contribution in [3.05, 3.63) is 35.6 Å². The van der Waals surface area contributed by atoms with E-state index in [0.717, 1.165) is 6.26 Å². The first kappa shape index (κ1) is 15.6. The number of hydrogen-bond donors (Lipinski definition) is 1. The Labute approximate surface area is 112 Å². The van der Waals surface area contributed by atoms with Crippen LogP contribution >= 0.6 is 0 Å². The maximum Gasteiger partial charge on any atom is 0.230 e. The summed E-state index contributed by atoms with van der Waals surface area (Å²) in [6.45, 7) is 3.48. The molecule has 0 bridgehead atoms. The minimum atomic E-state index is -3.10. The molecule has 0 spiro atoms. The van der Waals surface area contributed by atoms with Gasteiger partial charge in [-0.3, -0.25) is 4.79 Å². The molecular formula is C13H18FNO3S. The van der Waals surface area contributed by atoms with Crippen LogP contribution in [0.3, 0.4) is 0 Å². The van der Waals surface area contributed by atoms with Gasteiger partial charge in [0.2, 0.25) is 5.91 Å². The predicted octanol–water partition coefficient (Wildman–Crippen LogP) is 1.26. The van der Waals surface area contributed by atoms with Gasteiger partial charge in [0.1, 0.15) is 15.7 Å². The van der Waals surface area contributed by atoms with Gasteiger partial charge in [0.05, 0.1) is 11.2 Å². The van der Waals surface area contributed by atoms with Crippen molar-refractivity contribution in [2.75, 3.05) is 18.6 Å². The van der Waals surface area contributed by atoms with Crippen molar-refractivity contribution in [1.29, 1.82) is 0 Å². The molecule has 4 nitrogen and oxygen atoms in total. The number of amides is 1. The van der Waals surface area contributed by atoms with E-state index in [2.05, 4.69) is 5.32 Å². The van der Waals surface area contributed by atoms with Gasteiger partial charge in [-0.05, 0) is 31.5 Å². The second-order valence-corrected chi connectivity index (χ2v) is 7.28. The maximum absolute atomic E-state index is 12.8. The summed E-state index contributed by atoms with van der Waals surface area (Å²) in [5.74, 6) is -0.752. The van der Waals surface area contributed by atoms with Crippen LogP contribution in [0.2, 0.25) is 0 Å². The number of benzene rings is 1. The molecule has 0 heterocycles. The Kier molecular flexibility index (Phi) is 4.68. The van der Waals surface area contributed by atoms with Gasteiger partial charge < -0.3 is 5.32 Å². The van der Waals surface area contributed by atoms with E-state index in [9.17, 15) is 17.6 Å². The summed E-state index contributed by atoms with van der Waals surface area (Å²) in [5.41, 5.74) is -0.170. The Bertz CT molecular complexity index is 550. The zero-order valence-electron chi connectivity index (χ0n) is 11.2. The van der Waals surface area contributed by atoms with Crippen LogP contribution in [0.15, 0.2) is 24.3 Å². The molecule has 0 aliphatic carbocycles. The molecule has 106 valence electrons. The van der Waals surface area contributed by atoms with Crippen LogP contribution in [0.5, 0.6) is 0 Å². The standard InChI is InChI=1S/C13H18FNO3S/c1-13(2,10-4-6-11(14)7-5-10)12(16)15-8-9-19(3,17)18/h4-7H,8-9H2,1-3H3,(H,15,16). The van der Waals surface area contributed by atoms with Gasteiger partial charge in [-0.2, -0.15) is 0 Å². The van der Waals surface area contributed by atoms with Gasteiger partial charge in [0, 0.05) is 12.8 Å². The molecule has 19 heavy (non-hydrogen) atoms. The Balaban J connectivity index is 2.71. The van der Waals surface area contributed by atoms with E-state index < -0.39 is 15.3 Å². The van der Waals surface area contributed by atoms with E-state index >= 15 is 0 Å². The topological polar surface area (TPSA) is 63.2 Å². The molecule has 0 aliphatic heterocycles. The van der Waals surface area contributed by atoms with Crippen LogP contribution in [0.4, 0.5) is 4.39 Å². The Hall–Kier alpha value is -1.43. The number of rotatable bonds is 5. The van der Waals surface area contributed by atoms with Crippen LogP contribution in [-0.4, -0.2) is 32.9 Å². The van der Waals surface area contributed by atoms with Gasteiger partial charge in [0.15, 0.2) is 0 Å². The van der Waals surface area contributed by atoms with Crippen molar-refractivity contribution in [3.8, 4) is 0 Å². The highest BCUT2D eigenvalue weighted by atomic mass is 32.2. The van der Waals surface area contributed by atoms with E-state index in [4.69, 9.17) is 0 Å². The lowest BCUT2D eigenvalue weighted by Gasteiger charge is -2.24. The molecule has 0 unspecified atom stereocenters. The number of carbonyl (C=O) groups is 1. The quantitative estimate of drug-likeness (QED) is 0.887. The van der Waals surface area contributed by atoms with Crippen molar-refractivity contribution in [2.24, 2.45) is 0 Å². The van der Waals surface area contributed by atoms with Gasteiger partial charge in [-0.15, -0.1) is 0 Å². The predicted molar refractivity (Wildman–Crippen MR) is 72.1 cm³/mol. The van der Waals surface area contributed by atoms with E-state index in [-0.39, 0.29) is 24.0 Å². The monoisotopic (exact) mass is 287 g/mol. The molecule has 0 radical (unpaired) electrons. The highest BCUT2D eigenvalue weighted by Crippen LogP contribution is 2.23. The first-order chi connectivity index (χ1) is 8.63. The second-order valence-electron chi connectivity index (χ2n) is 5.02. The summed E-state index contributed by atoms with van der Waals surface area (Å²) in [6, 6.07) is 5.68. The van der Waals surface area contributed by atoms with Crippen molar-refractivity contribution >= 4 is 15.7 Å². The first-order valence-electron chi connectivity index (χ1n) is 5.85. The molecule has 1 aromatic rings. The second kappa shape index (κ2) is 5.69. The first-order valence-corrected chi connectivity index (χ1v) is 7.91. The molecular weight excluding hydrogens is 269 g/mol. The van der Waals surface area contributed by atoms with Crippen molar-refractivity contribution in [2.45, 2.75) is 19.3 Å². The van der Waals surface area contributed by atoms with Crippen LogP contribution in [0.25, 0.3) is 0 Å². The van der Waals surface area contributed by atoms with Crippen molar-refractivity contribution in [3.63, 3.8) is 0 Å². The van der Waals surface area contributed by atoms with Gasteiger partial charge in [0.25, 0.3) is 0 Å². The minimum absolute atomic E-state index is 0.0717. The lowest BCUT2D eigenvalue weighted by molar-refractivity contribution is -0.125. The van der Waals surface area contributed by atoms with Crippen LogP contribution in [0, 0.1) is 5.82 Å². The summed E-state index contributed by atoms with van der Waals surface area (Å²) in [6.07, 6.45) is 1.12. The Morgan fingerprint density at radius 1 is 1.26 bits per heavy atom. The number of carbonyl (C=O) groups excluding carboxylic acids is 1. The molecule has 1 aromatic carbocycles. The Morgan fingerprint density at radius 3 is 2.26 bits per heavy atom. The highest BCUT2D eigenvalue weighted by molar-refractivity contribution is 7.90. The van der Waals surface area contributed by atoms with Crippen LogP contribution in [0.1, 0.15) is 19.4 Å². The van der Waals surface area contributed by atoms with E-state index in [1.165, 1.54) is 12.1 Å². The average Bonchev–Trinajstić information content (AvgIpc) is 2.27. The zero-order chi connectivity index (χ0) is 14.7. The van der Waals surface area contributed by atoms with E-state index in [1.54, 1.807) is 26.0 Å². The smallest absolute Gasteiger partial charge is 0.230 e. The summed E-state index contributed by atoms with van der Waals surface area (Å²) >= 11 is 0. The lowest BCUT2D eigenvalue weighted by Crippen LogP contribution is -2.41. The molecule has 1 amide bonds. The minimum Gasteiger partial charge on any atom is -0.354 e. The maximum atomic E-state index is 12.8. The molecule has 1 rings (SSSR count). The fourth-order valence-electron chi connectivity index (χ4n) is 1.57. The number of sulfone groups is 1. The van der Waals surface area contributed by atoms with Crippen molar-refractivity contribution < 1.29 is 17.6 Å². The molecule has 0 aromatic heterocycles. The molecule has 0 aliphatic rings. The number of halogens is 1. The normalized spacial score (nSPS) is 12.2. The molecule has 0 fully saturated rings. The van der Waals surface area contributed by atoms with Crippen LogP contribution < -0.4 is 5.32 Å². The summed E-state index contributed by atoms with van der Waals surface area (Å²) in [7, 11) is -3.10. The van der Waals surface area contributed by atoms with Crippen molar-refractivity contribution in [1.82, 2.24) is 5.32 Å². The summed E-state index contributed by atoms with van der Waals surface area (Å²) in [5, 5.41) is 2.58. The van der Waals surface area contributed by atoms with E-state index in [1.807, 2.05) is 0 Å². The summed E-state index contributed by atoms with van der Waals surface area (Å²) < 4.78 is 34.8. The number of hydrogen-bond acceptors (Lipinski definition) is 3. The molecule has 0 saturated carbocycles. The number of nitrogens with one attached hydrogen (secondary N) is 1. The third kappa shape index (κ3) is 4.63. The highest BCUT2D eigenvalue weighted by Gasteiger charge is 2.29. The van der Waals surface area contributed by atoms with Gasteiger partial charge in [-0.25, -0.2) is 12.8 Å². The van der Waals surface area contributed by atoms with Gasteiger partial charge in [-0.1, -0.05) is 12.1 Å². The molecule has 1 N–H and O–H groups in total. The van der Waals surface area contributed by atoms with Gasteiger partial charge >= 0.3 is 0 Å². The SMILES string of the molecule is CC(C)(C(=O)NCCS(C)(=O)=O)c1ccc(F)cc1. The molecule has 6 heteroatoms. The summed E-state index contributed by atoms with van der Waals surface area (Å²) in [4.78, 5) is 12.0. The lowest BCUT2D eigenvalue weighted by atomic mass is 9.84. The Morgan fingerprint density at radius 2 is 1.79 bits per heavy atom. The van der Waals surface area contributed by atoms with Crippen LogP contribution in [-0.2, 0) is 20.0 Å². The largest absolute Gasteiger partial charge is 0.354 e. The fraction of sp³-hybridized carbons (Fsp3) is 0.462. The molecule has 0 atom stereocenters.